The van der Waals surface area contributed by atoms with Gasteiger partial charge in [0.15, 0.2) is 0 Å². The quantitative estimate of drug-likeness (QED) is 0.743. The van der Waals surface area contributed by atoms with Gasteiger partial charge in [-0.05, 0) is 12.1 Å². The van der Waals surface area contributed by atoms with Crippen molar-refractivity contribution in [2.45, 2.75) is 6.04 Å². The van der Waals surface area contributed by atoms with E-state index in [4.69, 9.17) is 10.5 Å². The number of phenolic OH excluding ortho intramolecular Hbond substituents is 1. The van der Waals surface area contributed by atoms with Crippen molar-refractivity contribution in [1.29, 1.82) is 0 Å². The van der Waals surface area contributed by atoms with Gasteiger partial charge in [0.25, 0.3) is 5.91 Å². The molecule has 1 heterocycles. The van der Waals surface area contributed by atoms with Gasteiger partial charge in [0.1, 0.15) is 12.4 Å². The van der Waals surface area contributed by atoms with Crippen molar-refractivity contribution in [3.63, 3.8) is 0 Å². The number of nitrogens with two attached hydrogens (primary N) is 1. The molecular formula is C11H14N2O3. The molecule has 1 aromatic carbocycles. The van der Waals surface area contributed by atoms with Gasteiger partial charge in [0.2, 0.25) is 0 Å². The number of amides is 1. The molecule has 16 heavy (non-hydrogen) atoms. The summed E-state index contributed by atoms with van der Waals surface area (Å²) >= 11 is 0. The summed E-state index contributed by atoms with van der Waals surface area (Å²) < 4.78 is 5.12. The molecule has 1 unspecified atom stereocenters. The van der Waals surface area contributed by atoms with Crippen LogP contribution in [0, 0.1) is 0 Å². The highest BCUT2D eigenvalue weighted by atomic mass is 16.5. The van der Waals surface area contributed by atoms with Gasteiger partial charge in [-0.2, -0.15) is 0 Å². The number of ether oxygens (including phenoxy) is 1. The summed E-state index contributed by atoms with van der Waals surface area (Å²) in [6.45, 7) is 0.738. The van der Waals surface area contributed by atoms with E-state index in [1.165, 1.54) is 4.90 Å². The van der Waals surface area contributed by atoms with Crippen LogP contribution < -0.4 is 10.6 Å². The van der Waals surface area contributed by atoms with Crippen LogP contribution in [0.25, 0.3) is 0 Å². The Morgan fingerprint density at radius 1 is 1.50 bits per heavy atom. The van der Waals surface area contributed by atoms with Gasteiger partial charge in [-0.3, -0.25) is 4.79 Å². The van der Waals surface area contributed by atoms with Gasteiger partial charge in [0.05, 0.1) is 18.3 Å². The summed E-state index contributed by atoms with van der Waals surface area (Å²) in [6.07, 6.45) is 0. The Labute approximate surface area is 93.4 Å². The highest BCUT2D eigenvalue weighted by Gasteiger charge is 2.30. The maximum atomic E-state index is 11.8. The Kier molecular flexibility index (Phi) is 3.07. The first-order chi connectivity index (χ1) is 7.74. The van der Waals surface area contributed by atoms with E-state index in [1.54, 1.807) is 24.3 Å². The van der Waals surface area contributed by atoms with Gasteiger partial charge < -0.3 is 20.5 Å². The van der Waals surface area contributed by atoms with Crippen molar-refractivity contribution in [2.75, 3.05) is 24.7 Å². The zero-order chi connectivity index (χ0) is 11.5. The fraction of sp³-hybridized carbons (Fsp3) is 0.364. The van der Waals surface area contributed by atoms with Gasteiger partial charge >= 0.3 is 0 Å². The molecular weight excluding hydrogens is 208 g/mol. The molecule has 5 nitrogen and oxygen atoms in total. The zero-order valence-electron chi connectivity index (χ0n) is 8.80. The normalized spacial score (nSPS) is 21.2. The van der Waals surface area contributed by atoms with Crippen LogP contribution in [0.15, 0.2) is 24.3 Å². The summed E-state index contributed by atoms with van der Waals surface area (Å²) in [7, 11) is 0. The number of phenols is 1. The number of anilines is 1. The molecule has 1 saturated heterocycles. The Morgan fingerprint density at radius 3 is 2.94 bits per heavy atom. The summed E-state index contributed by atoms with van der Waals surface area (Å²) in [6, 6.07) is 6.51. The molecule has 2 rings (SSSR count). The van der Waals surface area contributed by atoms with E-state index >= 15 is 0 Å². The van der Waals surface area contributed by atoms with Crippen molar-refractivity contribution in [2.24, 2.45) is 5.73 Å². The predicted molar refractivity (Wildman–Crippen MR) is 59.3 cm³/mol. The van der Waals surface area contributed by atoms with Crippen molar-refractivity contribution in [3.8, 4) is 5.75 Å². The summed E-state index contributed by atoms with van der Waals surface area (Å²) in [5.74, 6) is -0.0978. The number of morpholine rings is 1. The third kappa shape index (κ3) is 1.87. The summed E-state index contributed by atoms with van der Waals surface area (Å²) in [5.41, 5.74) is 6.08. The van der Waals surface area contributed by atoms with Crippen LogP contribution in [0.5, 0.6) is 5.75 Å². The third-order valence-electron chi connectivity index (χ3n) is 2.58. The van der Waals surface area contributed by atoms with Crippen LogP contribution >= 0.6 is 0 Å². The molecule has 1 aromatic rings. The zero-order valence-corrected chi connectivity index (χ0v) is 8.80. The molecule has 0 aromatic heterocycles. The van der Waals surface area contributed by atoms with E-state index in [0.717, 1.165) is 0 Å². The number of carbonyl (C=O) groups is 1. The highest BCUT2D eigenvalue weighted by molar-refractivity contribution is 5.96. The summed E-state index contributed by atoms with van der Waals surface area (Å²) in [4.78, 5) is 13.3. The van der Waals surface area contributed by atoms with Crippen molar-refractivity contribution >= 4 is 11.6 Å². The molecule has 0 saturated carbocycles. The average molecular weight is 222 g/mol. The monoisotopic (exact) mass is 222 g/mol. The van der Waals surface area contributed by atoms with E-state index in [1.807, 2.05) is 0 Å². The molecule has 5 heteroatoms. The number of para-hydroxylation sites is 2. The fourth-order valence-electron chi connectivity index (χ4n) is 1.80. The van der Waals surface area contributed by atoms with E-state index in [0.29, 0.717) is 18.8 Å². The highest BCUT2D eigenvalue weighted by Crippen LogP contribution is 2.29. The van der Waals surface area contributed by atoms with Gasteiger partial charge in [-0.1, -0.05) is 12.1 Å². The second kappa shape index (κ2) is 4.51. The number of nitrogens with zero attached hydrogens (tertiary/aromatic N) is 1. The molecule has 3 N–H and O–H groups in total. The molecule has 1 aliphatic rings. The Balaban J connectivity index is 2.36. The number of hydrogen-bond donors (Lipinski definition) is 2. The molecule has 1 amide bonds. The maximum absolute atomic E-state index is 11.8. The Bertz CT molecular complexity index is 395. The minimum Gasteiger partial charge on any atom is -0.506 e. The minimum absolute atomic E-state index is 0.0326. The second-order valence-corrected chi connectivity index (χ2v) is 3.66. The first kappa shape index (κ1) is 10.9. The number of aromatic hydroxyl groups is 1. The number of carbonyl (C=O) groups excluding carboxylic acids is 1. The first-order valence-corrected chi connectivity index (χ1v) is 5.12. The lowest BCUT2D eigenvalue weighted by Crippen LogP contribution is -2.53. The molecule has 0 radical (unpaired) electrons. The van der Waals surface area contributed by atoms with Crippen LogP contribution in [0.4, 0.5) is 5.69 Å². The van der Waals surface area contributed by atoms with E-state index in [9.17, 15) is 9.90 Å². The van der Waals surface area contributed by atoms with E-state index in [2.05, 4.69) is 0 Å². The smallest absolute Gasteiger partial charge is 0.253 e. The lowest BCUT2D eigenvalue weighted by molar-refractivity contribution is -0.127. The minimum atomic E-state index is -0.213. The van der Waals surface area contributed by atoms with Crippen LogP contribution in [0.3, 0.4) is 0 Å². The molecule has 1 fully saturated rings. The number of hydrogen-bond acceptors (Lipinski definition) is 4. The standard InChI is InChI=1S/C11H14N2O3/c12-5-8-6-16-7-11(15)13(8)9-3-1-2-4-10(9)14/h1-4,8,14H,5-7,12H2. The van der Waals surface area contributed by atoms with Crippen molar-refractivity contribution in [1.82, 2.24) is 0 Å². The molecule has 0 aliphatic carbocycles. The molecule has 1 aliphatic heterocycles. The van der Waals surface area contributed by atoms with E-state index in [-0.39, 0.29) is 24.3 Å². The SMILES string of the molecule is NCC1COCC(=O)N1c1ccccc1O. The fourth-order valence-corrected chi connectivity index (χ4v) is 1.80. The number of rotatable bonds is 2. The predicted octanol–water partition coefficient (Wildman–Crippen LogP) is 0.0827. The van der Waals surface area contributed by atoms with Crippen LogP contribution in [0.2, 0.25) is 0 Å². The molecule has 0 bridgehead atoms. The second-order valence-electron chi connectivity index (χ2n) is 3.66. The van der Waals surface area contributed by atoms with E-state index < -0.39 is 0 Å². The lowest BCUT2D eigenvalue weighted by Gasteiger charge is -2.34. The van der Waals surface area contributed by atoms with Crippen LogP contribution in [0.1, 0.15) is 0 Å². The molecule has 86 valence electrons. The number of benzene rings is 1. The van der Waals surface area contributed by atoms with Crippen LogP contribution in [-0.2, 0) is 9.53 Å². The molecule has 0 spiro atoms. The largest absolute Gasteiger partial charge is 0.506 e. The Hall–Kier alpha value is -1.59. The first-order valence-electron chi connectivity index (χ1n) is 5.12. The van der Waals surface area contributed by atoms with Gasteiger partial charge in [0, 0.05) is 6.54 Å². The molecule has 1 atom stereocenters. The van der Waals surface area contributed by atoms with Gasteiger partial charge in [-0.25, -0.2) is 0 Å². The van der Waals surface area contributed by atoms with Crippen molar-refractivity contribution < 1.29 is 14.6 Å². The van der Waals surface area contributed by atoms with Gasteiger partial charge in [-0.15, -0.1) is 0 Å². The lowest BCUT2D eigenvalue weighted by atomic mass is 10.1. The van der Waals surface area contributed by atoms with Crippen molar-refractivity contribution in [3.05, 3.63) is 24.3 Å². The topological polar surface area (TPSA) is 75.8 Å². The Morgan fingerprint density at radius 2 is 2.25 bits per heavy atom. The maximum Gasteiger partial charge on any atom is 0.253 e. The van der Waals surface area contributed by atoms with Crippen LogP contribution in [-0.4, -0.2) is 36.8 Å². The summed E-state index contributed by atoms with van der Waals surface area (Å²) in [5, 5.41) is 9.72. The average Bonchev–Trinajstić information content (AvgIpc) is 2.30. The third-order valence-corrected chi connectivity index (χ3v) is 2.58.